The maximum Gasteiger partial charge on any atom is 0.0422 e. The summed E-state index contributed by atoms with van der Waals surface area (Å²) in [5.74, 6) is 0. The van der Waals surface area contributed by atoms with Crippen LogP contribution in [0, 0.1) is 0 Å². The molecule has 4 rings (SSSR count). The van der Waals surface area contributed by atoms with Crippen molar-refractivity contribution >= 4 is 11.3 Å². The molecule has 0 radical (unpaired) electrons. The van der Waals surface area contributed by atoms with Gasteiger partial charge in [0, 0.05) is 17.8 Å². The highest BCUT2D eigenvalue weighted by Gasteiger charge is 2.12. The highest BCUT2D eigenvalue weighted by Crippen LogP contribution is 2.33. The second-order valence-electron chi connectivity index (χ2n) is 5.49. The molecule has 26 heavy (non-hydrogen) atoms. The van der Waals surface area contributed by atoms with Gasteiger partial charge in [-0.25, -0.2) is 0 Å². The van der Waals surface area contributed by atoms with E-state index in [2.05, 4.69) is 90.3 Å². The molecular formula is C25H29N. The van der Waals surface area contributed by atoms with Crippen LogP contribution in [-0.4, -0.2) is 6.54 Å². The fourth-order valence-corrected chi connectivity index (χ4v) is 2.99. The van der Waals surface area contributed by atoms with Gasteiger partial charge in [0.25, 0.3) is 0 Å². The third kappa shape index (κ3) is 4.43. The van der Waals surface area contributed by atoms with Crippen LogP contribution in [0.1, 0.15) is 38.8 Å². The van der Waals surface area contributed by atoms with Gasteiger partial charge in [-0.3, -0.25) is 0 Å². The minimum atomic E-state index is 0.882. The minimum Gasteiger partial charge on any atom is -0.381 e. The van der Waals surface area contributed by atoms with E-state index in [1.807, 2.05) is 27.7 Å². The van der Waals surface area contributed by atoms with Crippen molar-refractivity contribution in [3.05, 3.63) is 96.1 Å². The summed E-state index contributed by atoms with van der Waals surface area (Å²) >= 11 is 0. The van der Waals surface area contributed by atoms with Crippen molar-refractivity contribution < 1.29 is 0 Å². The molecule has 0 aromatic heterocycles. The van der Waals surface area contributed by atoms with Crippen LogP contribution in [0.5, 0.6) is 0 Å². The largest absolute Gasteiger partial charge is 0.381 e. The Morgan fingerprint density at radius 3 is 1.81 bits per heavy atom. The Hall–Kier alpha value is -2.80. The quantitative estimate of drug-likeness (QED) is 0.516. The van der Waals surface area contributed by atoms with Crippen molar-refractivity contribution in [1.82, 2.24) is 0 Å². The van der Waals surface area contributed by atoms with Gasteiger partial charge in [-0.15, -0.1) is 0 Å². The van der Waals surface area contributed by atoms with E-state index in [1.54, 1.807) is 0 Å². The average Bonchev–Trinajstić information content (AvgIpc) is 2.77. The summed E-state index contributed by atoms with van der Waals surface area (Å²) in [7, 11) is 0. The number of benzene rings is 3. The van der Waals surface area contributed by atoms with Crippen LogP contribution in [0.25, 0.3) is 16.7 Å². The molecule has 0 unspecified atom stereocenters. The molecule has 0 atom stereocenters. The van der Waals surface area contributed by atoms with E-state index in [0.717, 1.165) is 6.54 Å². The Labute approximate surface area is 158 Å². The maximum absolute atomic E-state index is 3.42. The molecule has 3 aromatic rings. The summed E-state index contributed by atoms with van der Waals surface area (Å²) in [6.45, 7) is 8.88. The van der Waals surface area contributed by atoms with Crippen LogP contribution >= 0.6 is 0 Å². The minimum absolute atomic E-state index is 0.882. The average molecular weight is 344 g/mol. The van der Waals surface area contributed by atoms with Crippen molar-refractivity contribution in [2.75, 3.05) is 11.9 Å². The van der Waals surface area contributed by atoms with Crippen LogP contribution in [0.15, 0.2) is 84.9 Å². The number of nitrogens with one attached hydrogen (secondary N) is 1. The first kappa shape index (κ1) is 19.5. The van der Waals surface area contributed by atoms with Gasteiger partial charge in [0.2, 0.25) is 0 Å². The van der Waals surface area contributed by atoms with Crippen molar-refractivity contribution in [3.8, 4) is 11.1 Å². The zero-order valence-electron chi connectivity index (χ0n) is 16.3. The second-order valence-corrected chi connectivity index (χ2v) is 5.49. The molecule has 0 saturated carbocycles. The Bertz CT molecular complexity index is 814. The fraction of sp³-hybridized carbons (Fsp3) is 0.200. The predicted molar refractivity (Wildman–Crippen MR) is 117 cm³/mol. The molecule has 1 heteroatoms. The molecule has 134 valence electrons. The molecule has 0 spiro atoms. The molecular weight excluding hydrogens is 314 g/mol. The first-order chi connectivity index (χ1) is 12.9. The highest BCUT2D eigenvalue weighted by molar-refractivity contribution is 5.88. The summed E-state index contributed by atoms with van der Waals surface area (Å²) in [6, 6.07) is 27.8. The van der Waals surface area contributed by atoms with Crippen LogP contribution in [0.2, 0.25) is 0 Å². The van der Waals surface area contributed by atoms with Crippen LogP contribution in [-0.2, 0) is 0 Å². The number of rotatable bonds is 2. The Kier molecular flexibility index (Phi) is 7.70. The third-order valence-electron chi connectivity index (χ3n) is 4.12. The van der Waals surface area contributed by atoms with E-state index in [4.69, 9.17) is 0 Å². The monoisotopic (exact) mass is 343 g/mol. The van der Waals surface area contributed by atoms with Gasteiger partial charge in [-0.2, -0.15) is 0 Å². The smallest absolute Gasteiger partial charge is 0.0422 e. The van der Waals surface area contributed by atoms with Crippen LogP contribution in [0.4, 0.5) is 5.69 Å². The normalized spacial score (nSPS) is 11.5. The molecule has 0 saturated heterocycles. The van der Waals surface area contributed by atoms with Gasteiger partial charge in [0.05, 0.1) is 0 Å². The zero-order chi connectivity index (χ0) is 18.8. The molecule has 3 aromatic carbocycles. The molecule has 1 heterocycles. The van der Waals surface area contributed by atoms with E-state index < -0.39 is 0 Å². The van der Waals surface area contributed by atoms with E-state index in [0.29, 0.717) is 0 Å². The lowest BCUT2D eigenvalue weighted by Crippen LogP contribution is -2.08. The van der Waals surface area contributed by atoms with Crippen LogP contribution in [0.3, 0.4) is 0 Å². The van der Waals surface area contributed by atoms with Crippen molar-refractivity contribution in [2.45, 2.75) is 27.7 Å². The number of anilines is 1. The summed E-state index contributed by atoms with van der Waals surface area (Å²) in [6.07, 6.45) is 2.26. The number of fused-ring (bicyclic) bond motifs is 1. The first-order valence-electron chi connectivity index (χ1n) is 9.61. The molecule has 0 bridgehead atoms. The molecule has 1 aliphatic rings. The van der Waals surface area contributed by atoms with Crippen molar-refractivity contribution in [2.24, 2.45) is 0 Å². The summed E-state index contributed by atoms with van der Waals surface area (Å²) < 4.78 is 0. The summed E-state index contributed by atoms with van der Waals surface area (Å²) in [5.41, 5.74) is 7.59. The first-order valence-corrected chi connectivity index (χ1v) is 9.61. The van der Waals surface area contributed by atoms with Gasteiger partial charge < -0.3 is 5.32 Å². The Morgan fingerprint density at radius 2 is 1.12 bits per heavy atom. The SMILES string of the molecule is C1=C(c2ccc(-c3ccccc3)cc2)c2ccccc2NC1.CC.CC. The van der Waals surface area contributed by atoms with E-state index in [9.17, 15) is 0 Å². The summed E-state index contributed by atoms with van der Waals surface area (Å²) in [5, 5.41) is 3.42. The van der Waals surface area contributed by atoms with Crippen molar-refractivity contribution in [1.29, 1.82) is 0 Å². The van der Waals surface area contributed by atoms with E-state index in [1.165, 1.54) is 33.5 Å². The molecule has 0 aliphatic carbocycles. The molecule has 1 nitrogen and oxygen atoms in total. The number of hydrogen-bond acceptors (Lipinski definition) is 1. The van der Waals surface area contributed by atoms with E-state index >= 15 is 0 Å². The van der Waals surface area contributed by atoms with Crippen LogP contribution < -0.4 is 5.32 Å². The van der Waals surface area contributed by atoms with Gasteiger partial charge in [-0.1, -0.05) is 107 Å². The van der Waals surface area contributed by atoms with Gasteiger partial charge in [0.1, 0.15) is 0 Å². The third-order valence-corrected chi connectivity index (χ3v) is 4.12. The number of para-hydroxylation sites is 1. The maximum atomic E-state index is 3.42. The molecule has 0 amide bonds. The lowest BCUT2D eigenvalue weighted by Gasteiger charge is -2.19. The number of hydrogen-bond donors (Lipinski definition) is 1. The lowest BCUT2D eigenvalue weighted by molar-refractivity contribution is 1.29. The standard InChI is InChI=1S/C21H17N.2C2H6/c1-2-6-16(7-3-1)17-10-12-18(13-11-17)19-14-15-22-21-9-5-4-8-20(19)21;2*1-2/h1-14,22H,15H2;2*1-2H3. The zero-order valence-corrected chi connectivity index (χ0v) is 16.3. The predicted octanol–water partition coefficient (Wildman–Crippen LogP) is 7.26. The topological polar surface area (TPSA) is 12.0 Å². The fourth-order valence-electron chi connectivity index (χ4n) is 2.99. The summed E-state index contributed by atoms with van der Waals surface area (Å²) in [4.78, 5) is 0. The van der Waals surface area contributed by atoms with E-state index in [-0.39, 0.29) is 0 Å². The van der Waals surface area contributed by atoms with Gasteiger partial charge in [0.15, 0.2) is 0 Å². The highest BCUT2D eigenvalue weighted by atomic mass is 14.9. The van der Waals surface area contributed by atoms with Crippen molar-refractivity contribution in [3.63, 3.8) is 0 Å². The lowest BCUT2D eigenvalue weighted by atomic mass is 9.92. The second kappa shape index (κ2) is 10.2. The molecule has 1 N–H and O–H groups in total. The Balaban J connectivity index is 0.000000570. The van der Waals surface area contributed by atoms with Gasteiger partial charge >= 0.3 is 0 Å². The molecule has 0 fully saturated rings. The molecule has 1 aliphatic heterocycles. The van der Waals surface area contributed by atoms with Gasteiger partial charge in [-0.05, 0) is 28.3 Å². The Morgan fingerprint density at radius 1 is 0.577 bits per heavy atom.